The maximum atomic E-state index is 5.88. The zero-order valence-corrected chi connectivity index (χ0v) is 20.0. The topological polar surface area (TPSA) is 26.0 Å². The Balaban J connectivity index is 1.24. The van der Waals surface area contributed by atoms with Gasteiger partial charge < -0.3 is 5.73 Å². The quantitative estimate of drug-likeness (QED) is 0.182. The molecule has 6 aromatic carbocycles. The second-order valence-electron chi connectivity index (χ2n) is 9.16. The molecule has 0 aliphatic rings. The van der Waals surface area contributed by atoms with Gasteiger partial charge in [0.2, 0.25) is 0 Å². The van der Waals surface area contributed by atoms with Gasteiger partial charge in [0.25, 0.3) is 0 Å². The standard InChI is InChI=1S/C35H23N/c1-24-2-11-30-19-25(7-12-29(30)18-24)3-4-26-8-13-32-21-27(9-14-31(32)20-26)5-6-28-10-15-34-23-35(36)17-16-33(34)22-28/h2,7-23H,36H2,1H3. The lowest BCUT2D eigenvalue weighted by molar-refractivity contribution is 1.50. The molecule has 168 valence electrons. The minimum Gasteiger partial charge on any atom is -0.399 e. The smallest absolute Gasteiger partial charge is 0.0320 e. The highest BCUT2D eigenvalue weighted by atomic mass is 14.5. The van der Waals surface area contributed by atoms with Crippen molar-refractivity contribution in [1.29, 1.82) is 0 Å². The SMILES string of the molecule is Cc1ccc2cc(C#Cc3ccc4cc(C#Cc5ccc6cc(N)ccc6c5)ccc4c3)ccc2c1. The van der Waals surface area contributed by atoms with Crippen LogP contribution in [0.1, 0.15) is 27.8 Å². The Morgan fingerprint density at radius 2 is 0.722 bits per heavy atom. The maximum absolute atomic E-state index is 5.88. The highest BCUT2D eigenvalue weighted by Gasteiger charge is 1.99. The summed E-state index contributed by atoms with van der Waals surface area (Å²) in [6.07, 6.45) is 0. The highest BCUT2D eigenvalue weighted by molar-refractivity contribution is 5.88. The fourth-order valence-corrected chi connectivity index (χ4v) is 4.47. The second kappa shape index (κ2) is 8.99. The molecule has 0 saturated carbocycles. The number of anilines is 1. The summed E-state index contributed by atoms with van der Waals surface area (Å²) in [4.78, 5) is 0. The fourth-order valence-electron chi connectivity index (χ4n) is 4.47. The summed E-state index contributed by atoms with van der Waals surface area (Å²) in [5.41, 5.74) is 11.9. The van der Waals surface area contributed by atoms with Crippen LogP contribution in [0.5, 0.6) is 0 Å². The van der Waals surface area contributed by atoms with Crippen molar-refractivity contribution in [1.82, 2.24) is 0 Å². The lowest BCUT2D eigenvalue weighted by Crippen LogP contribution is -1.84. The van der Waals surface area contributed by atoms with Gasteiger partial charge in [-0.25, -0.2) is 0 Å². The average Bonchev–Trinajstić information content (AvgIpc) is 2.90. The molecule has 1 heteroatoms. The number of rotatable bonds is 0. The van der Waals surface area contributed by atoms with E-state index in [9.17, 15) is 0 Å². The van der Waals surface area contributed by atoms with Crippen LogP contribution in [0.3, 0.4) is 0 Å². The fraction of sp³-hybridized carbons (Fsp3) is 0.0286. The van der Waals surface area contributed by atoms with E-state index < -0.39 is 0 Å². The van der Waals surface area contributed by atoms with E-state index in [-0.39, 0.29) is 0 Å². The van der Waals surface area contributed by atoms with Gasteiger partial charge in [-0.15, -0.1) is 0 Å². The van der Waals surface area contributed by atoms with Crippen LogP contribution in [0.4, 0.5) is 5.69 Å². The van der Waals surface area contributed by atoms with Gasteiger partial charge in [-0.2, -0.15) is 0 Å². The Labute approximate surface area is 211 Å². The van der Waals surface area contributed by atoms with E-state index in [1.165, 1.54) is 16.3 Å². The molecule has 1 nitrogen and oxygen atoms in total. The molecule has 6 rings (SSSR count). The zero-order valence-electron chi connectivity index (χ0n) is 20.0. The molecule has 0 amide bonds. The number of aryl methyl sites for hydroxylation is 1. The molecule has 0 aromatic heterocycles. The second-order valence-corrected chi connectivity index (χ2v) is 9.16. The maximum Gasteiger partial charge on any atom is 0.0320 e. The first-order valence-electron chi connectivity index (χ1n) is 12.0. The summed E-state index contributed by atoms with van der Waals surface area (Å²) in [6, 6.07) is 37.7. The van der Waals surface area contributed by atoms with Crippen LogP contribution in [0.25, 0.3) is 32.3 Å². The molecule has 2 N–H and O–H groups in total. The van der Waals surface area contributed by atoms with Crippen LogP contribution in [0, 0.1) is 30.6 Å². The molecule has 0 aliphatic carbocycles. The average molecular weight is 458 g/mol. The Morgan fingerprint density at radius 1 is 0.389 bits per heavy atom. The first kappa shape index (κ1) is 21.5. The number of hydrogen-bond donors (Lipinski definition) is 1. The van der Waals surface area contributed by atoms with E-state index in [1.54, 1.807) is 0 Å². The molecule has 0 unspecified atom stereocenters. The van der Waals surface area contributed by atoms with E-state index >= 15 is 0 Å². The van der Waals surface area contributed by atoms with Crippen LogP contribution >= 0.6 is 0 Å². The Bertz CT molecular complexity index is 1780. The Hall–Kier alpha value is -4.98. The van der Waals surface area contributed by atoms with E-state index in [0.717, 1.165) is 49.5 Å². The highest BCUT2D eigenvalue weighted by Crippen LogP contribution is 2.21. The van der Waals surface area contributed by atoms with Crippen molar-refractivity contribution in [2.24, 2.45) is 0 Å². The van der Waals surface area contributed by atoms with Crippen LogP contribution in [-0.2, 0) is 0 Å². The van der Waals surface area contributed by atoms with Crippen molar-refractivity contribution >= 4 is 38.0 Å². The number of nitrogens with two attached hydrogens (primary N) is 1. The van der Waals surface area contributed by atoms with Crippen molar-refractivity contribution in [3.63, 3.8) is 0 Å². The van der Waals surface area contributed by atoms with Crippen LogP contribution in [0.2, 0.25) is 0 Å². The summed E-state index contributed by atoms with van der Waals surface area (Å²) < 4.78 is 0. The first-order valence-corrected chi connectivity index (χ1v) is 12.0. The third kappa shape index (κ3) is 4.52. The lowest BCUT2D eigenvalue weighted by atomic mass is 10.0. The predicted molar refractivity (Wildman–Crippen MR) is 153 cm³/mol. The molecule has 0 heterocycles. The Kier molecular flexibility index (Phi) is 5.38. The van der Waals surface area contributed by atoms with Gasteiger partial charge in [-0.3, -0.25) is 0 Å². The van der Waals surface area contributed by atoms with Gasteiger partial charge in [-0.05, 0) is 99.9 Å². The third-order valence-corrected chi connectivity index (χ3v) is 6.40. The molecule has 0 saturated heterocycles. The third-order valence-electron chi connectivity index (χ3n) is 6.40. The Morgan fingerprint density at radius 3 is 1.17 bits per heavy atom. The first-order chi connectivity index (χ1) is 17.6. The van der Waals surface area contributed by atoms with Crippen molar-refractivity contribution in [3.8, 4) is 23.7 Å². The van der Waals surface area contributed by atoms with Crippen LogP contribution < -0.4 is 5.73 Å². The molecule has 0 spiro atoms. The molecular weight excluding hydrogens is 434 g/mol. The normalized spacial score (nSPS) is 10.6. The predicted octanol–water partition coefficient (Wildman–Crippen LogP) is 7.84. The summed E-state index contributed by atoms with van der Waals surface area (Å²) in [5.74, 6) is 13.2. The molecule has 0 radical (unpaired) electrons. The number of benzene rings is 6. The summed E-state index contributed by atoms with van der Waals surface area (Å²) in [6.45, 7) is 2.12. The van der Waals surface area contributed by atoms with Crippen molar-refractivity contribution in [2.75, 3.05) is 5.73 Å². The summed E-state index contributed by atoms with van der Waals surface area (Å²) in [7, 11) is 0. The van der Waals surface area contributed by atoms with Crippen molar-refractivity contribution in [2.45, 2.75) is 6.92 Å². The molecule has 36 heavy (non-hydrogen) atoms. The van der Waals surface area contributed by atoms with Gasteiger partial charge in [0, 0.05) is 27.9 Å². The van der Waals surface area contributed by atoms with Crippen LogP contribution in [0.15, 0.2) is 109 Å². The zero-order chi connectivity index (χ0) is 24.5. The number of hydrogen-bond acceptors (Lipinski definition) is 1. The summed E-state index contributed by atoms with van der Waals surface area (Å²) in [5, 5.41) is 7.04. The van der Waals surface area contributed by atoms with Gasteiger partial charge in [0.05, 0.1) is 0 Å². The minimum absolute atomic E-state index is 0.774. The molecule has 0 aliphatic heterocycles. The molecular formula is C35H23N. The van der Waals surface area contributed by atoms with Gasteiger partial charge in [-0.1, -0.05) is 77.8 Å². The summed E-state index contributed by atoms with van der Waals surface area (Å²) >= 11 is 0. The van der Waals surface area contributed by atoms with E-state index in [0.29, 0.717) is 0 Å². The molecule has 6 aromatic rings. The largest absolute Gasteiger partial charge is 0.399 e. The monoisotopic (exact) mass is 457 g/mol. The van der Waals surface area contributed by atoms with E-state index in [1.807, 2.05) is 24.3 Å². The lowest BCUT2D eigenvalue weighted by Gasteiger charge is -2.01. The van der Waals surface area contributed by atoms with Crippen molar-refractivity contribution < 1.29 is 0 Å². The number of fused-ring (bicyclic) bond motifs is 3. The van der Waals surface area contributed by atoms with Gasteiger partial charge in [0.1, 0.15) is 0 Å². The van der Waals surface area contributed by atoms with Crippen LogP contribution in [-0.4, -0.2) is 0 Å². The molecule has 0 fully saturated rings. The van der Waals surface area contributed by atoms with Gasteiger partial charge in [0.15, 0.2) is 0 Å². The molecule has 0 bridgehead atoms. The van der Waals surface area contributed by atoms with Gasteiger partial charge >= 0.3 is 0 Å². The minimum atomic E-state index is 0.774. The molecule has 0 atom stereocenters. The number of nitrogen functional groups attached to an aromatic ring is 1. The van der Waals surface area contributed by atoms with Crippen molar-refractivity contribution in [3.05, 3.63) is 137 Å². The van der Waals surface area contributed by atoms with E-state index in [4.69, 9.17) is 5.73 Å². The van der Waals surface area contributed by atoms with E-state index in [2.05, 4.69) is 116 Å².